The number of carbonyl (C=O) groups excluding carboxylic acids is 1. The highest BCUT2D eigenvalue weighted by molar-refractivity contribution is 14.1. The van der Waals surface area contributed by atoms with E-state index >= 15 is 0 Å². The molecule has 40 heavy (non-hydrogen) atoms. The zero-order valence-corrected chi connectivity index (χ0v) is 25.8. The second-order valence-corrected chi connectivity index (χ2v) is 11.3. The lowest BCUT2D eigenvalue weighted by molar-refractivity contribution is -0.139. The van der Waals surface area contributed by atoms with Crippen molar-refractivity contribution in [3.8, 4) is 29.6 Å². The lowest BCUT2D eigenvalue weighted by atomic mass is 9.95. The number of nitrogens with zero attached hydrogens (tertiary/aromatic N) is 2. The number of hydrogen-bond acceptors (Lipinski definition) is 8. The first-order chi connectivity index (χ1) is 19.2. The van der Waals surface area contributed by atoms with Gasteiger partial charge in [0, 0.05) is 14.7 Å². The van der Waals surface area contributed by atoms with Crippen LogP contribution in [0, 0.1) is 15.9 Å². The molecule has 1 aliphatic heterocycles. The van der Waals surface area contributed by atoms with Crippen LogP contribution in [0.4, 0.5) is 0 Å². The number of aromatic nitrogens is 1. The lowest BCUT2D eigenvalue weighted by Gasteiger charge is -2.26. The summed E-state index contributed by atoms with van der Waals surface area (Å²) in [6, 6.07) is 10.3. The molecule has 8 nitrogen and oxygen atoms in total. The standard InChI is InChI=1S/C30H29IN2O6S/c1-7-13-38-27-19(14-20(31)16-23(27)36-6)15-24-28(34)33-26(21-11-9-10-12-22(21)39-17(3)4)25(29(35)37-8-2)18(5)32-30(33)40-24/h1,9-12,14-17,26H,8,13H2,2-6H3/b24-15-/t26-/m1/s1. The summed E-state index contributed by atoms with van der Waals surface area (Å²) in [5.41, 5.74) is 1.74. The van der Waals surface area contributed by atoms with Gasteiger partial charge in [-0.05, 0) is 74.6 Å². The molecule has 3 aromatic rings. The van der Waals surface area contributed by atoms with E-state index in [1.807, 2.05) is 50.2 Å². The molecule has 0 fully saturated rings. The van der Waals surface area contributed by atoms with Crippen molar-refractivity contribution in [2.75, 3.05) is 20.3 Å². The minimum atomic E-state index is -0.796. The first kappa shape index (κ1) is 29.4. The van der Waals surface area contributed by atoms with Crippen LogP contribution in [-0.4, -0.2) is 37.0 Å². The zero-order chi connectivity index (χ0) is 29.0. The molecule has 0 N–H and O–H groups in total. The first-order valence-corrected chi connectivity index (χ1v) is 14.5. The van der Waals surface area contributed by atoms with Crippen LogP contribution in [0.2, 0.25) is 0 Å². The molecular formula is C30H29IN2O6S. The number of hydrogen-bond donors (Lipinski definition) is 0. The molecule has 0 amide bonds. The van der Waals surface area contributed by atoms with E-state index in [4.69, 9.17) is 25.4 Å². The predicted octanol–water partition coefficient (Wildman–Crippen LogP) is 4.21. The Balaban J connectivity index is 2.00. The Hall–Kier alpha value is -3.56. The van der Waals surface area contributed by atoms with Gasteiger partial charge in [-0.2, -0.15) is 0 Å². The van der Waals surface area contributed by atoms with Gasteiger partial charge in [-0.1, -0.05) is 35.5 Å². The van der Waals surface area contributed by atoms with Crippen LogP contribution in [-0.2, 0) is 9.53 Å². The average Bonchev–Trinajstić information content (AvgIpc) is 3.21. The average molecular weight is 673 g/mol. The molecule has 0 aliphatic carbocycles. The Morgan fingerprint density at radius 3 is 2.70 bits per heavy atom. The maximum Gasteiger partial charge on any atom is 0.338 e. The van der Waals surface area contributed by atoms with Crippen LogP contribution < -0.4 is 29.1 Å². The SMILES string of the molecule is C#CCOc1c(/C=c2\sc3n(c2=O)[C@H](c2ccccc2OC(C)C)C(C(=O)OCC)=C(C)N=3)cc(I)cc1OC. The maximum absolute atomic E-state index is 14.1. The fourth-order valence-corrected chi connectivity index (χ4v) is 6.07. The zero-order valence-electron chi connectivity index (χ0n) is 22.8. The van der Waals surface area contributed by atoms with Gasteiger partial charge in [-0.15, -0.1) is 6.42 Å². The summed E-state index contributed by atoms with van der Waals surface area (Å²) >= 11 is 3.39. The third-order valence-corrected chi connectivity index (χ3v) is 7.55. The van der Waals surface area contributed by atoms with Crippen LogP contribution in [0.25, 0.3) is 6.08 Å². The third kappa shape index (κ3) is 5.95. The molecule has 0 spiro atoms. The Morgan fingerprint density at radius 2 is 2.02 bits per heavy atom. The molecule has 0 unspecified atom stereocenters. The van der Waals surface area contributed by atoms with Crippen molar-refractivity contribution < 1.29 is 23.7 Å². The topological polar surface area (TPSA) is 88.4 Å². The largest absolute Gasteiger partial charge is 0.493 e. The van der Waals surface area contributed by atoms with Crippen molar-refractivity contribution in [1.29, 1.82) is 0 Å². The van der Waals surface area contributed by atoms with Crippen molar-refractivity contribution in [2.45, 2.75) is 39.8 Å². The summed E-state index contributed by atoms with van der Waals surface area (Å²) in [7, 11) is 1.54. The molecule has 0 saturated carbocycles. The van der Waals surface area contributed by atoms with E-state index in [2.05, 4.69) is 33.5 Å². The molecular weight excluding hydrogens is 643 g/mol. The van der Waals surface area contributed by atoms with Gasteiger partial charge in [0.15, 0.2) is 16.3 Å². The molecule has 1 aromatic heterocycles. The number of halogens is 1. The summed E-state index contributed by atoms with van der Waals surface area (Å²) in [6.45, 7) is 7.55. The minimum absolute atomic E-state index is 0.0355. The van der Waals surface area contributed by atoms with E-state index in [-0.39, 0.29) is 30.5 Å². The van der Waals surface area contributed by atoms with Gasteiger partial charge in [0.25, 0.3) is 5.56 Å². The minimum Gasteiger partial charge on any atom is -0.493 e. The van der Waals surface area contributed by atoms with E-state index in [0.717, 1.165) is 3.57 Å². The summed E-state index contributed by atoms with van der Waals surface area (Å²) in [5, 5.41) is 0. The molecule has 0 bridgehead atoms. The van der Waals surface area contributed by atoms with Crippen molar-refractivity contribution in [3.05, 3.63) is 82.1 Å². The number of allylic oxidation sites excluding steroid dienone is 1. The van der Waals surface area contributed by atoms with E-state index in [1.54, 1.807) is 27.0 Å². The summed E-state index contributed by atoms with van der Waals surface area (Å²) in [4.78, 5) is 32.5. The molecule has 2 aromatic carbocycles. The molecule has 10 heteroatoms. The number of esters is 1. The van der Waals surface area contributed by atoms with Crippen molar-refractivity contribution in [3.63, 3.8) is 0 Å². The Bertz CT molecular complexity index is 1700. The van der Waals surface area contributed by atoms with E-state index < -0.39 is 12.0 Å². The van der Waals surface area contributed by atoms with Gasteiger partial charge in [-0.25, -0.2) is 9.79 Å². The van der Waals surface area contributed by atoms with Crippen LogP contribution in [0.15, 0.2) is 57.5 Å². The monoisotopic (exact) mass is 672 g/mol. The molecule has 0 saturated heterocycles. The van der Waals surface area contributed by atoms with Crippen LogP contribution in [0.3, 0.4) is 0 Å². The highest BCUT2D eigenvalue weighted by atomic mass is 127. The fourth-order valence-electron chi connectivity index (χ4n) is 4.41. The lowest BCUT2D eigenvalue weighted by Crippen LogP contribution is -2.40. The number of para-hydroxylation sites is 1. The number of benzene rings is 2. The Morgan fingerprint density at radius 1 is 1.27 bits per heavy atom. The van der Waals surface area contributed by atoms with Gasteiger partial charge in [0.1, 0.15) is 18.4 Å². The number of carbonyl (C=O) groups is 1. The highest BCUT2D eigenvalue weighted by Gasteiger charge is 2.35. The number of rotatable bonds is 9. The molecule has 0 radical (unpaired) electrons. The highest BCUT2D eigenvalue weighted by Crippen LogP contribution is 2.37. The van der Waals surface area contributed by atoms with Crippen molar-refractivity contribution in [1.82, 2.24) is 4.57 Å². The van der Waals surface area contributed by atoms with Gasteiger partial charge in [0.05, 0.1) is 35.6 Å². The van der Waals surface area contributed by atoms with Crippen LogP contribution >= 0.6 is 33.9 Å². The summed E-state index contributed by atoms with van der Waals surface area (Å²) in [6.07, 6.45) is 7.04. The maximum atomic E-state index is 14.1. The quantitative estimate of drug-likeness (QED) is 0.193. The van der Waals surface area contributed by atoms with Gasteiger partial charge < -0.3 is 18.9 Å². The van der Waals surface area contributed by atoms with Crippen LogP contribution in [0.5, 0.6) is 17.2 Å². The summed E-state index contributed by atoms with van der Waals surface area (Å²) < 4.78 is 25.7. The van der Waals surface area contributed by atoms with Gasteiger partial charge >= 0.3 is 5.97 Å². The molecule has 2 heterocycles. The van der Waals surface area contributed by atoms with Gasteiger partial charge in [0.2, 0.25) is 0 Å². The Labute approximate surface area is 250 Å². The second-order valence-electron chi connectivity index (χ2n) is 9.03. The van der Waals surface area contributed by atoms with Crippen molar-refractivity contribution >= 4 is 46.0 Å². The number of terminal acetylenes is 1. The molecule has 1 aliphatic rings. The van der Waals surface area contributed by atoms with Crippen LogP contribution in [0.1, 0.15) is 44.9 Å². The van der Waals surface area contributed by atoms with E-state index in [0.29, 0.717) is 43.4 Å². The number of methoxy groups -OCH3 is 1. The number of fused-ring (bicyclic) bond motifs is 1. The second kappa shape index (κ2) is 12.7. The molecule has 208 valence electrons. The number of ether oxygens (including phenoxy) is 4. The predicted molar refractivity (Wildman–Crippen MR) is 163 cm³/mol. The smallest absolute Gasteiger partial charge is 0.338 e. The fraction of sp³-hybridized carbons (Fsp3) is 0.300. The van der Waals surface area contributed by atoms with Gasteiger partial charge in [-0.3, -0.25) is 9.36 Å². The number of thiazole rings is 1. The first-order valence-electron chi connectivity index (χ1n) is 12.6. The normalized spacial score (nSPS) is 14.8. The van der Waals surface area contributed by atoms with Crippen molar-refractivity contribution in [2.24, 2.45) is 4.99 Å². The van der Waals surface area contributed by atoms with E-state index in [1.165, 1.54) is 15.9 Å². The third-order valence-electron chi connectivity index (χ3n) is 5.95. The van der Waals surface area contributed by atoms with E-state index in [9.17, 15) is 9.59 Å². The Kier molecular flexibility index (Phi) is 9.37. The molecule has 1 atom stereocenters. The molecule has 4 rings (SSSR count). The summed E-state index contributed by atoms with van der Waals surface area (Å²) in [5.74, 6) is 3.43.